The topological polar surface area (TPSA) is 124 Å². The van der Waals surface area contributed by atoms with Crippen molar-refractivity contribution in [3.63, 3.8) is 0 Å². The third-order valence-electron chi connectivity index (χ3n) is 5.68. The second kappa shape index (κ2) is 10.7. The molecule has 0 atom stereocenters. The lowest BCUT2D eigenvalue weighted by Gasteiger charge is -2.24. The number of halogens is 4. The molecule has 0 bridgehead atoms. The maximum atomic E-state index is 14.0. The number of anilines is 3. The summed E-state index contributed by atoms with van der Waals surface area (Å²) in [7, 11) is -2.94. The van der Waals surface area contributed by atoms with Crippen molar-refractivity contribution in [2.24, 2.45) is 0 Å². The predicted octanol–water partition coefficient (Wildman–Crippen LogP) is 3.43. The van der Waals surface area contributed by atoms with Crippen LogP contribution in [0.3, 0.4) is 0 Å². The van der Waals surface area contributed by atoms with E-state index in [2.05, 4.69) is 19.7 Å². The van der Waals surface area contributed by atoms with Gasteiger partial charge in [0.05, 0.1) is 29.5 Å². The van der Waals surface area contributed by atoms with Gasteiger partial charge in [-0.1, -0.05) is 0 Å². The summed E-state index contributed by atoms with van der Waals surface area (Å²) in [6.07, 6.45) is -1.79. The molecule has 0 amide bonds. The van der Waals surface area contributed by atoms with Crippen LogP contribution in [0.1, 0.15) is 17.7 Å². The van der Waals surface area contributed by atoms with Crippen molar-refractivity contribution in [3.8, 4) is 11.8 Å². The number of ether oxygens (including phenoxy) is 1. The Morgan fingerprint density at radius 3 is 2.50 bits per heavy atom. The number of aromatic nitrogens is 3. The van der Waals surface area contributed by atoms with Crippen LogP contribution in [-0.2, 0) is 16.2 Å². The molecule has 4 rings (SSSR count). The minimum absolute atomic E-state index is 0.00431. The fourth-order valence-corrected chi connectivity index (χ4v) is 4.91. The quantitative estimate of drug-likeness (QED) is 0.459. The molecular formula is C23H21F4N7O3S. The molecule has 0 saturated carbocycles. The maximum absolute atomic E-state index is 14.0. The summed E-state index contributed by atoms with van der Waals surface area (Å²) < 4.78 is 85.6. The summed E-state index contributed by atoms with van der Waals surface area (Å²) in [4.78, 5) is 14.9. The van der Waals surface area contributed by atoms with Gasteiger partial charge in [-0.05, 0) is 36.8 Å². The van der Waals surface area contributed by atoms with Crippen molar-refractivity contribution in [1.29, 1.82) is 5.26 Å². The summed E-state index contributed by atoms with van der Waals surface area (Å²) in [5, 5.41) is 9.70. The number of sulfonamides is 1. The molecule has 1 saturated heterocycles. The Hall–Kier alpha value is -4.19. The summed E-state index contributed by atoms with van der Waals surface area (Å²) in [6, 6.07) is 7.26. The smallest absolute Gasteiger partial charge is 0.433 e. The Kier molecular flexibility index (Phi) is 7.53. The van der Waals surface area contributed by atoms with Crippen molar-refractivity contribution in [3.05, 3.63) is 59.8 Å². The Morgan fingerprint density at radius 2 is 1.82 bits per heavy atom. The van der Waals surface area contributed by atoms with Crippen LogP contribution < -0.4 is 19.3 Å². The van der Waals surface area contributed by atoms with Crippen molar-refractivity contribution >= 4 is 27.5 Å². The molecule has 200 valence electrons. The molecule has 3 heterocycles. The fraction of sp³-hybridized carbons (Fsp3) is 0.304. The number of nitrogens with one attached hydrogen (secondary N) is 1. The van der Waals surface area contributed by atoms with Crippen molar-refractivity contribution < 1.29 is 30.7 Å². The predicted molar refractivity (Wildman–Crippen MR) is 129 cm³/mol. The summed E-state index contributed by atoms with van der Waals surface area (Å²) >= 11 is 0. The zero-order valence-electron chi connectivity index (χ0n) is 19.9. The molecule has 0 unspecified atom stereocenters. The Bertz CT molecular complexity index is 1480. The lowest BCUT2D eigenvalue weighted by Crippen LogP contribution is -2.32. The molecule has 2 aromatic heterocycles. The Balaban J connectivity index is 1.50. The van der Waals surface area contributed by atoms with Crippen molar-refractivity contribution in [1.82, 2.24) is 15.0 Å². The van der Waals surface area contributed by atoms with Gasteiger partial charge in [0, 0.05) is 32.4 Å². The first-order valence-corrected chi connectivity index (χ1v) is 12.7. The lowest BCUT2D eigenvalue weighted by atomic mass is 10.2. The molecule has 38 heavy (non-hydrogen) atoms. The summed E-state index contributed by atoms with van der Waals surface area (Å²) in [5.74, 6) is -0.725. The molecule has 10 nitrogen and oxygen atoms in total. The average Bonchev–Trinajstić information content (AvgIpc) is 3.14. The van der Waals surface area contributed by atoms with Gasteiger partial charge in [-0.15, -0.1) is 0 Å². The van der Waals surface area contributed by atoms with Gasteiger partial charge >= 0.3 is 6.18 Å². The van der Waals surface area contributed by atoms with Crippen LogP contribution in [0.25, 0.3) is 0 Å². The van der Waals surface area contributed by atoms with E-state index in [1.807, 2.05) is 6.07 Å². The molecule has 3 aromatic rings. The Morgan fingerprint density at radius 1 is 1.08 bits per heavy atom. The second-order valence-corrected chi connectivity index (χ2v) is 9.86. The molecule has 1 aromatic carbocycles. The number of pyridine rings is 1. The summed E-state index contributed by atoms with van der Waals surface area (Å²) in [6.45, 7) is 1.39. The van der Waals surface area contributed by atoms with Gasteiger partial charge in [0.1, 0.15) is 17.6 Å². The standard InChI is InChI=1S/C23H21F4N7O3S/c1-37-19-4-3-17(12-18(19)24)38(35,36)32-16-11-15(13-28)21(30-14-16)33-7-2-8-34(10-9-33)22-29-6-5-20(31-22)23(25,26)27/h3-6,11-12,14,32H,2,7-10H2,1H3. The lowest BCUT2D eigenvalue weighted by molar-refractivity contribution is -0.141. The highest BCUT2D eigenvalue weighted by atomic mass is 32.2. The van der Waals surface area contributed by atoms with Crippen LogP contribution in [0.4, 0.5) is 35.0 Å². The molecule has 0 radical (unpaired) electrons. The van der Waals surface area contributed by atoms with Crippen molar-refractivity contribution in [2.75, 3.05) is 47.8 Å². The fourth-order valence-electron chi connectivity index (χ4n) is 3.86. The van der Waals surface area contributed by atoms with E-state index in [-0.39, 0.29) is 40.2 Å². The molecule has 15 heteroatoms. The largest absolute Gasteiger partial charge is 0.494 e. The molecule has 0 aliphatic carbocycles. The molecule has 1 aliphatic rings. The second-order valence-electron chi connectivity index (χ2n) is 8.18. The van der Waals surface area contributed by atoms with Crippen LogP contribution in [-0.4, -0.2) is 56.7 Å². The first-order chi connectivity index (χ1) is 18.0. The van der Waals surface area contributed by atoms with E-state index < -0.39 is 27.7 Å². The Labute approximate surface area is 215 Å². The van der Waals surface area contributed by atoms with Gasteiger partial charge in [0.25, 0.3) is 10.0 Å². The van der Waals surface area contributed by atoms with Gasteiger partial charge < -0.3 is 14.5 Å². The highest BCUT2D eigenvalue weighted by molar-refractivity contribution is 7.92. The maximum Gasteiger partial charge on any atom is 0.433 e. The number of benzene rings is 1. The minimum Gasteiger partial charge on any atom is -0.494 e. The highest BCUT2D eigenvalue weighted by Crippen LogP contribution is 2.29. The minimum atomic E-state index is -4.59. The molecule has 1 N–H and O–H groups in total. The third kappa shape index (κ3) is 5.86. The average molecular weight is 552 g/mol. The van der Waals surface area contributed by atoms with Gasteiger partial charge in [-0.25, -0.2) is 27.8 Å². The van der Waals surface area contributed by atoms with E-state index in [9.17, 15) is 31.2 Å². The zero-order chi connectivity index (χ0) is 27.5. The highest BCUT2D eigenvalue weighted by Gasteiger charge is 2.33. The van der Waals surface area contributed by atoms with Crippen molar-refractivity contribution in [2.45, 2.75) is 17.5 Å². The zero-order valence-corrected chi connectivity index (χ0v) is 20.7. The normalized spacial score (nSPS) is 14.5. The van der Waals surface area contributed by atoms with Crippen LogP contribution in [0.15, 0.2) is 47.6 Å². The molecule has 0 spiro atoms. The number of methoxy groups -OCH3 is 1. The van der Waals surface area contributed by atoms with E-state index in [0.717, 1.165) is 18.3 Å². The number of hydrogen-bond acceptors (Lipinski definition) is 9. The van der Waals surface area contributed by atoms with Gasteiger partial charge in [-0.2, -0.15) is 18.4 Å². The monoisotopic (exact) mass is 551 g/mol. The van der Waals surface area contributed by atoms with E-state index >= 15 is 0 Å². The number of rotatable bonds is 6. The number of nitrogens with zero attached hydrogens (tertiary/aromatic N) is 6. The van der Waals surface area contributed by atoms with Crippen LogP contribution in [0, 0.1) is 17.1 Å². The number of hydrogen-bond donors (Lipinski definition) is 1. The van der Waals surface area contributed by atoms with E-state index in [4.69, 9.17) is 4.74 Å². The van der Waals surface area contributed by atoms with Crippen LogP contribution in [0.2, 0.25) is 0 Å². The third-order valence-corrected chi connectivity index (χ3v) is 7.06. The van der Waals surface area contributed by atoms with Crippen LogP contribution in [0.5, 0.6) is 5.75 Å². The van der Waals surface area contributed by atoms with Gasteiger partial charge in [0.2, 0.25) is 5.95 Å². The molecular weight excluding hydrogens is 530 g/mol. The van der Waals surface area contributed by atoms with Gasteiger partial charge in [-0.3, -0.25) is 4.72 Å². The first kappa shape index (κ1) is 26.9. The first-order valence-electron chi connectivity index (χ1n) is 11.2. The van der Waals surface area contributed by atoms with E-state index in [1.165, 1.54) is 31.5 Å². The molecule has 1 fully saturated rings. The number of alkyl halides is 3. The van der Waals surface area contributed by atoms with E-state index in [1.54, 1.807) is 9.80 Å². The van der Waals surface area contributed by atoms with Crippen LogP contribution >= 0.6 is 0 Å². The SMILES string of the molecule is COc1ccc(S(=O)(=O)Nc2cnc(N3CCCN(c4nccc(C(F)(F)F)n4)CC3)c(C#N)c2)cc1F. The molecule has 1 aliphatic heterocycles. The van der Waals surface area contributed by atoms with E-state index in [0.29, 0.717) is 26.1 Å². The number of nitriles is 1. The van der Waals surface area contributed by atoms with Gasteiger partial charge in [0.15, 0.2) is 11.6 Å². The summed E-state index contributed by atoms with van der Waals surface area (Å²) in [5.41, 5.74) is -0.960.